The number of amidine groups is 1. The standard InChI is InChI=1S/C19H17N5O2/c1-19(2,3)16-11-15(24-26-16)17(25)18(20-4)23-22-13-7-8-14-12(10-13)6-5-9-21-14/h5-11,22H,1-3H3/b23-18-. The van der Waals surface area contributed by atoms with Gasteiger partial charge in [-0.3, -0.25) is 9.78 Å². The molecule has 1 aromatic carbocycles. The van der Waals surface area contributed by atoms with Crippen LogP contribution in [0.2, 0.25) is 0 Å². The van der Waals surface area contributed by atoms with E-state index in [4.69, 9.17) is 11.1 Å². The van der Waals surface area contributed by atoms with Crippen LogP contribution in [0, 0.1) is 6.57 Å². The van der Waals surface area contributed by atoms with Crippen molar-refractivity contribution in [3.63, 3.8) is 0 Å². The van der Waals surface area contributed by atoms with Gasteiger partial charge in [-0.15, -0.1) is 0 Å². The summed E-state index contributed by atoms with van der Waals surface area (Å²) in [4.78, 5) is 19.9. The number of pyridine rings is 1. The zero-order valence-corrected chi connectivity index (χ0v) is 14.6. The number of hydrazone groups is 1. The van der Waals surface area contributed by atoms with Gasteiger partial charge in [0.15, 0.2) is 0 Å². The minimum Gasteiger partial charge on any atom is -0.360 e. The molecule has 0 atom stereocenters. The van der Waals surface area contributed by atoms with Gasteiger partial charge in [-0.1, -0.05) is 38.6 Å². The predicted molar refractivity (Wildman–Crippen MR) is 98.9 cm³/mol. The summed E-state index contributed by atoms with van der Waals surface area (Å²) in [5.41, 5.74) is 4.02. The van der Waals surface area contributed by atoms with Crippen molar-refractivity contribution in [3.8, 4) is 0 Å². The summed E-state index contributed by atoms with van der Waals surface area (Å²) in [6.45, 7) is 13.1. The van der Waals surface area contributed by atoms with E-state index < -0.39 is 5.78 Å². The molecule has 7 nitrogen and oxygen atoms in total. The number of carbonyl (C=O) groups is 1. The van der Waals surface area contributed by atoms with Gasteiger partial charge in [0.1, 0.15) is 11.5 Å². The zero-order valence-electron chi connectivity index (χ0n) is 14.6. The van der Waals surface area contributed by atoms with Crippen molar-refractivity contribution in [2.24, 2.45) is 5.10 Å². The molecular weight excluding hydrogens is 330 g/mol. The summed E-state index contributed by atoms with van der Waals surface area (Å²) in [6.07, 6.45) is 1.72. The van der Waals surface area contributed by atoms with E-state index in [1.165, 1.54) is 0 Å². The second-order valence-corrected chi connectivity index (χ2v) is 6.73. The number of hydrogen-bond donors (Lipinski definition) is 1. The van der Waals surface area contributed by atoms with Crippen LogP contribution in [-0.4, -0.2) is 21.8 Å². The molecule has 0 aliphatic rings. The zero-order chi connectivity index (χ0) is 18.7. The van der Waals surface area contributed by atoms with Crippen molar-refractivity contribution >= 4 is 28.2 Å². The molecule has 3 aromatic rings. The number of nitrogens with zero attached hydrogens (tertiary/aromatic N) is 4. The molecule has 130 valence electrons. The molecule has 0 aliphatic heterocycles. The molecule has 0 saturated heterocycles. The van der Waals surface area contributed by atoms with Crippen molar-refractivity contribution in [3.05, 3.63) is 65.5 Å². The monoisotopic (exact) mass is 347 g/mol. The van der Waals surface area contributed by atoms with E-state index >= 15 is 0 Å². The maximum absolute atomic E-state index is 12.4. The Labute approximate surface area is 150 Å². The number of Topliss-reactive ketones (excluding diaryl/α,β-unsaturated/α-hetero) is 1. The van der Waals surface area contributed by atoms with Gasteiger partial charge in [-0.2, -0.15) is 0 Å². The summed E-state index contributed by atoms with van der Waals surface area (Å²) in [6, 6.07) is 10.7. The molecule has 0 saturated carbocycles. The number of aromatic nitrogens is 2. The molecule has 3 rings (SSSR count). The van der Waals surface area contributed by atoms with E-state index in [1.54, 1.807) is 18.3 Å². The van der Waals surface area contributed by atoms with Gasteiger partial charge < -0.3 is 9.37 Å². The number of rotatable bonds is 4. The molecule has 0 fully saturated rings. The van der Waals surface area contributed by atoms with Crippen molar-refractivity contribution in [2.75, 3.05) is 5.43 Å². The minimum absolute atomic E-state index is 0.0641. The van der Waals surface area contributed by atoms with E-state index in [0.29, 0.717) is 11.4 Å². The lowest BCUT2D eigenvalue weighted by Crippen LogP contribution is -2.13. The first-order valence-electron chi connectivity index (χ1n) is 7.96. The van der Waals surface area contributed by atoms with Gasteiger partial charge in [0, 0.05) is 23.1 Å². The van der Waals surface area contributed by atoms with Crippen molar-refractivity contribution in [1.82, 2.24) is 10.1 Å². The maximum Gasteiger partial charge on any atom is 0.343 e. The highest BCUT2D eigenvalue weighted by atomic mass is 16.5. The average Bonchev–Trinajstić information content (AvgIpc) is 3.12. The Morgan fingerprint density at radius 3 is 2.77 bits per heavy atom. The molecule has 0 radical (unpaired) electrons. The van der Waals surface area contributed by atoms with E-state index in [9.17, 15) is 4.79 Å². The third kappa shape index (κ3) is 3.59. The van der Waals surface area contributed by atoms with Gasteiger partial charge >= 0.3 is 5.84 Å². The van der Waals surface area contributed by atoms with Crippen LogP contribution < -0.4 is 5.43 Å². The maximum atomic E-state index is 12.4. The molecule has 26 heavy (non-hydrogen) atoms. The quantitative estimate of drug-likeness (QED) is 0.253. The van der Waals surface area contributed by atoms with E-state index in [2.05, 4.69) is 25.5 Å². The van der Waals surface area contributed by atoms with Crippen LogP contribution in [0.1, 0.15) is 37.0 Å². The van der Waals surface area contributed by atoms with Crippen LogP contribution in [0.3, 0.4) is 0 Å². The smallest absolute Gasteiger partial charge is 0.343 e. The lowest BCUT2D eigenvalue weighted by atomic mass is 9.93. The summed E-state index contributed by atoms with van der Waals surface area (Å²) in [5.74, 6) is -0.334. The predicted octanol–water partition coefficient (Wildman–Crippen LogP) is 4.05. The average molecular weight is 347 g/mol. The number of ketones is 1. The minimum atomic E-state index is -0.589. The van der Waals surface area contributed by atoms with Crippen LogP contribution in [-0.2, 0) is 5.41 Å². The first kappa shape index (κ1) is 17.3. The van der Waals surface area contributed by atoms with Crippen molar-refractivity contribution < 1.29 is 9.32 Å². The number of anilines is 1. The third-order valence-corrected chi connectivity index (χ3v) is 3.68. The number of hydrogen-bond acceptors (Lipinski definition) is 6. The van der Waals surface area contributed by atoms with Crippen LogP contribution in [0.25, 0.3) is 15.7 Å². The summed E-state index contributed by atoms with van der Waals surface area (Å²) >= 11 is 0. The Balaban J connectivity index is 1.82. The lowest BCUT2D eigenvalue weighted by molar-refractivity contribution is 0.105. The Hall–Kier alpha value is -3.53. The molecule has 7 heteroatoms. The highest BCUT2D eigenvalue weighted by Gasteiger charge is 2.24. The Morgan fingerprint density at radius 2 is 2.08 bits per heavy atom. The van der Waals surface area contributed by atoms with Crippen LogP contribution >= 0.6 is 0 Å². The number of nitrogens with one attached hydrogen (secondary N) is 1. The highest BCUT2D eigenvalue weighted by Crippen LogP contribution is 2.23. The molecule has 2 heterocycles. The van der Waals surface area contributed by atoms with Gasteiger partial charge in [0.05, 0.1) is 11.2 Å². The molecular formula is C19H17N5O2. The summed E-state index contributed by atoms with van der Waals surface area (Å²) in [7, 11) is 0. The fourth-order valence-electron chi connectivity index (χ4n) is 2.24. The van der Waals surface area contributed by atoms with Crippen LogP contribution in [0.15, 0.2) is 52.2 Å². The molecule has 1 N–H and O–H groups in total. The number of benzene rings is 1. The van der Waals surface area contributed by atoms with E-state index in [-0.39, 0.29) is 16.9 Å². The lowest BCUT2D eigenvalue weighted by Gasteiger charge is -2.11. The second-order valence-electron chi connectivity index (χ2n) is 6.73. The van der Waals surface area contributed by atoms with E-state index in [1.807, 2.05) is 45.0 Å². The fourth-order valence-corrected chi connectivity index (χ4v) is 2.24. The van der Waals surface area contributed by atoms with Crippen LogP contribution in [0.4, 0.5) is 5.69 Å². The normalized spacial score (nSPS) is 12.0. The summed E-state index contributed by atoms with van der Waals surface area (Å²) in [5, 5.41) is 8.62. The Bertz CT molecular complexity index is 1040. The summed E-state index contributed by atoms with van der Waals surface area (Å²) < 4.78 is 5.20. The molecule has 2 aromatic heterocycles. The number of carbonyl (C=O) groups excluding carboxylic acids is 1. The Morgan fingerprint density at radius 1 is 1.27 bits per heavy atom. The molecule has 0 bridgehead atoms. The molecule has 0 unspecified atom stereocenters. The SMILES string of the molecule is [C-]#[N+]/C(=N\Nc1ccc2ncccc2c1)C(=O)c1cc(C(C)(C)C)on1. The van der Waals surface area contributed by atoms with Gasteiger partial charge in [-0.05, 0) is 29.4 Å². The molecule has 0 aliphatic carbocycles. The molecule has 0 spiro atoms. The fraction of sp³-hybridized carbons (Fsp3) is 0.211. The van der Waals surface area contributed by atoms with Gasteiger partial charge in [0.2, 0.25) is 5.78 Å². The van der Waals surface area contributed by atoms with Gasteiger partial charge in [0.25, 0.3) is 0 Å². The topological polar surface area (TPSA) is 84.7 Å². The van der Waals surface area contributed by atoms with Gasteiger partial charge in [-0.25, -0.2) is 5.43 Å². The first-order valence-corrected chi connectivity index (χ1v) is 7.96. The number of fused-ring (bicyclic) bond motifs is 1. The van der Waals surface area contributed by atoms with Crippen LogP contribution in [0.5, 0.6) is 0 Å². The third-order valence-electron chi connectivity index (χ3n) is 3.68. The Kier molecular flexibility index (Phi) is 4.50. The second kappa shape index (κ2) is 6.76. The van der Waals surface area contributed by atoms with Crippen molar-refractivity contribution in [2.45, 2.75) is 26.2 Å². The largest absolute Gasteiger partial charge is 0.360 e. The van der Waals surface area contributed by atoms with Crippen molar-refractivity contribution in [1.29, 1.82) is 0 Å². The first-order chi connectivity index (χ1) is 12.4. The molecule has 0 amide bonds. The van der Waals surface area contributed by atoms with E-state index in [0.717, 1.165) is 10.9 Å². The highest BCUT2D eigenvalue weighted by molar-refractivity contribution is 6.48.